The maximum atomic E-state index is 4.38. The number of nitrogens with one attached hydrogen (secondary N) is 3. The van der Waals surface area contributed by atoms with Crippen LogP contribution in [0.1, 0.15) is 12.6 Å². The first-order valence-electron chi connectivity index (χ1n) is 5.57. The predicted molar refractivity (Wildman–Crippen MR) is 70.3 cm³/mol. The summed E-state index contributed by atoms with van der Waals surface area (Å²) in [6, 6.07) is 3.99. The van der Waals surface area contributed by atoms with Gasteiger partial charge in [-0.1, -0.05) is 0 Å². The number of aryl methyl sites for hydroxylation is 1. The number of hydrogen-bond donors (Lipinski definition) is 3. The highest BCUT2D eigenvalue weighted by Crippen LogP contribution is 2.07. The lowest BCUT2D eigenvalue weighted by molar-refractivity contribution is 0.582. The average molecular weight is 234 g/mol. The fourth-order valence-corrected chi connectivity index (χ4v) is 1.56. The molecule has 0 saturated heterocycles. The standard InChI is InChI=1S/C11H18N6/c1-7-5-6-9(12-7)15-10-13-8(2)14-11(16-10)17(3)4/h5-6,8,12H,1-4H3,(H2,13,14,15,16). The topological polar surface area (TPSA) is 67.8 Å². The summed E-state index contributed by atoms with van der Waals surface area (Å²) in [6.45, 7) is 3.96. The van der Waals surface area contributed by atoms with Crippen molar-refractivity contribution in [1.82, 2.24) is 15.2 Å². The number of aromatic nitrogens is 1. The van der Waals surface area contributed by atoms with E-state index in [-0.39, 0.29) is 6.17 Å². The predicted octanol–water partition coefficient (Wildman–Crippen LogP) is 0.958. The molecule has 3 N–H and O–H groups in total. The molecule has 0 saturated carbocycles. The van der Waals surface area contributed by atoms with Crippen LogP contribution in [0.25, 0.3) is 0 Å². The number of aliphatic imine (C=N–C) groups is 2. The normalized spacial score (nSPS) is 19.2. The van der Waals surface area contributed by atoms with Gasteiger partial charge < -0.3 is 15.2 Å². The Hall–Kier alpha value is -1.98. The number of anilines is 1. The number of rotatable bonds is 1. The number of hydrogen-bond acceptors (Lipinski definition) is 5. The number of guanidine groups is 2. The lowest BCUT2D eigenvalue weighted by Crippen LogP contribution is -2.46. The minimum Gasteiger partial charge on any atom is -0.349 e. The lowest BCUT2D eigenvalue weighted by Gasteiger charge is -2.24. The zero-order valence-corrected chi connectivity index (χ0v) is 10.6. The maximum absolute atomic E-state index is 4.38. The third kappa shape index (κ3) is 2.77. The molecular weight excluding hydrogens is 216 g/mol. The molecule has 0 radical (unpaired) electrons. The second-order valence-electron chi connectivity index (χ2n) is 4.26. The molecule has 92 valence electrons. The first-order chi connectivity index (χ1) is 8.04. The van der Waals surface area contributed by atoms with Crippen molar-refractivity contribution in [3.05, 3.63) is 17.8 Å². The third-order valence-electron chi connectivity index (χ3n) is 2.36. The van der Waals surface area contributed by atoms with E-state index in [1.54, 1.807) is 0 Å². The van der Waals surface area contributed by atoms with E-state index in [0.717, 1.165) is 17.5 Å². The van der Waals surface area contributed by atoms with Crippen LogP contribution in [0.3, 0.4) is 0 Å². The van der Waals surface area contributed by atoms with Gasteiger partial charge in [0, 0.05) is 19.8 Å². The molecule has 1 unspecified atom stereocenters. The SMILES string of the molecule is Cc1ccc(NC2=NC(C)N=C(N(C)C)N2)[nH]1. The van der Waals surface area contributed by atoms with E-state index in [1.165, 1.54) is 0 Å². The molecule has 6 nitrogen and oxygen atoms in total. The maximum Gasteiger partial charge on any atom is 0.205 e. The lowest BCUT2D eigenvalue weighted by atomic mass is 10.5. The first kappa shape index (κ1) is 11.5. The van der Waals surface area contributed by atoms with Gasteiger partial charge in [0.15, 0.2) is 0 Å². The number of nitrogens with zero attached hydrogens (tertiary/aromatic N) is 3. The Morgan fingerprint density at radius 3 is 2.65 bits per heavy atom. The van der Waals surface area contributed by atoms with Gasteiger partial charge in [-0.15, -0.1) is 0 Å². The Morgan fingerprint density at radius 2 is 2.06 bits per heavy atom. The second kappa shape index (κ2) is 4.48. The Balaban J connectivity index is 2.08. The molecular formula is C11H18N6. The number of H-pyrrole nitrogens is 1. The van der Waals surface area contributed by atoms with Gasteiger partial charge in [0.05, 0.1) is 0 Å². The van der Waals surface area contributed by atoms with E-state index >= 15 is 0 Å². The van der Waals surface area contributed by atoms with Crippen molar-refractivity contribution >= 4 is 17.7 Å². The molecule has 17 heavy (non-hydrogen) atoms. The van der Waals surface area contributed by atoms with E-state index < -0.39 is 0 Å². The first-order valence-corrected chi connectivity index (χ1v) is 5.57. The second-order valence-corrected chi connectivity index (χ2v) is 4.26. The smallest absolute Gasteiger partial charge is 0.205 e. The van der Waals surface area contributed by atoms with Gasteiger partial charge in [-0.2, -0.15) is 0 Å². The Labute approximate surface area is 101 Å². The molecule has 1 aliphatic rings. The molecule has 0 aliphatic carbocycles. The van der Waals surface area contributed by atoms with Crippen molar-refractivity contribution in [3.63, 3.8) is 0 Å². The summed E-state index contributed by atoms with van der Waals surface area (Å²) in [6.07, 6.45) is -0.0767. The van der Waals surface area contributed by atoms with E-state index in [9.17, 15) is 0 Å². The van der Waals surface area contributed by atoms with Gasteiger partial charge in [-0.05, 0) is 26.0 Å². The van der Waals surface area contributed by atoms with Crippen molar-refractivity contribution in [1.29, 1.82) is 0 Å². The van der Waals surface area contributed by atoms with Crippen LogP contribution < -0.4 is 10.6 Å². The molecule has 0 bridgehead atoms. The highest BCUT2D eigenvalue weighted by Gasteiger charge is 2.14. The van der Waals surface area contributed by atoms with E-state index in [4.69, 9.17) is 0 Å². The molecule has 0 amide bonds. The minimum atomic E-state index is -0.0767. The van der Waals surface area contributed by atoms with E-state index in [1.807, 2.05) is 45.0 Å². The largest absolute Gasteiger partial charge is 0.349 e. The van der Waals surface area contributed by atoms with Crippen molar-refractivity contribution in [2.45, 2.75) is 20.0 Å². The van der Waals surface area contributed by atoms with E-state index in [2.05, 4.69) is 25.6 Å². The Bertz CT molecular complexity index is 456. The third-order valence-corrected chi connectivity index (χ3v) is 2.36. The Morgan fingerprint density at radius 1 is 1.29 bits per heavy atom. The van der Waals surface area contributed by atoms with Crippen LogP contribution in [-0.4, -0.2) is 42.1 Å². The van der Waals surface area contributed by atoms with Gasteiger partial charge in [-0.25, -0.2) is 9.98 Å². The van der Waals surface area contributed by atoms with Gasteiger partial charge in [0.1, 0.15) is 12.0 Å². The summed E-state index contributed by atoms with van der Waals surface area (Å²) in [5, 5.41) is 6.33. The quantitative estimate of drug-likeness (QED) is 0.678. The monoisotopic (exact) mass is 234 g/mol. The Kier molecular flexibility index (Phi) is 3.03. The molecule has 2 heterocycles. The summed E-state index contributed by atoms with van der Waals surface area (Å²) in [4.78, 5) is 13.9. The average Bonchev–Trinajstić information content (AvgIpc) is 2.63. The van der Waals surface area contributed by atoms with Crippen molar-refractivity contribution in [3.8, 4) is 0 Å². The summed E-state index contributed by atoms with van der Waals surface area (Å²) >= 11 is 0. The van der Waals surface area contributed by atoms with E-state index in [0.29, 0.717) is 5.96 Å². The van der Waals surface area contributed by atoms with Crippen molar-refractivity contribution in [2.75, 3.05) is 19.4 Å². The summed E-state index contributed by atoms with van der Waals surface area (Å²) < 4.78 is 0. The highest BCUT2D eigenvalue weighted by atomic mass is 15.4. The fourth-order valence-electron chi connectivity index (χ4n) is 1.56. The molecule has 0 spiro atoms. The van der Waals surface area contributed by atoms with Crippen molar-refractivity contribution in [2.24, 2.45) is 9.98 Å². The molecule has 1 aliphatic heterocycles. The summed E-state index contributed by atoms with van der Waals surface area (Å²) in [7, 11) is 3.89. The molecule has 1 aromatic heterocycles. The molecule has 6 heteroatoms. The van der Waals surface area contributed by atoms with Crippen LogP contribution in [0.15, 0.2) is 22.1 Å². The van der Waals surface area contributed by atoms with Crippen molar-refractivity contribution < 1.29 is 0 Å². The number of aromatic amines is 1. The van der Waals surface area contributed by atoms with Gasteiger partial charge in [0.25, 0.3) is 0 Å². The summed E-state index contributed by atoms with van der Waals surface area (Å²) in [5.74, 6) is 2.43. The zero-order chi connectivity index (χ0) is 12.4. The molecule has 0 fully saturated rings. The van der Waals surface area contributed by atoms with Crippen LogP contribution in [0.4, 0.5) is 5.82 Å². The zero-order valence-electron chi connectivity index (χ0n) is 10.6. The van der Waals surface area contributed by atoms with Crippen LogP contribution in [0, 0.1) is 6.92 Å². The van der Waals surface area contributed by atoms with Crippen LogP contribution in [0.5, 0.6) is 0 Å². The fraction of sp³-hybridized carbons (Fsp3) is 0.455. The van der Waals surface area contributed by atoms with Crippen LogP contribution >= 0.6 is 0 Å². The van der Waals surface area contributed by atoms with Gasteiger partial charge >= 0.3 is 0 Å². The molecule has 1 aromatic rings. The van der Waals surface area contributed by atoms with Crippen LogP contribution in [-0.2, 0) is 0 Å². The van der Waals surface area contributed by atoms with Crippen LogP contribution in [0.2, 0.25) is 0 Å². The summed E-state index contributed by atoms with van der Waals surface area (Å²) in [5.41, 5.74) is 1.11. The molecule has 2 rings (SSSR count). The van der Waals surface area contributed by atoms with Gasteiger partial charge in [0.2, 0.25) is 11.9 Å². The molecule has 0 aromatic carbocycles. The highest BCUT2D eigenvalue weighted by molar-refractivity contribution is 6.05. The van der Waals surface area contributed by atoms with Gasteiger partial charge in [-0.3, -0.25) is 5.32 Å². The molecule has 1 atom stereocenters. The minimum absolute atomic E-state index is 0.0767.